The van der Waals surface area contributed by atoms with E-state index in [0.717, 1.165) is 18.9 Å². The van der Waals surface area contributed by atoms with Crippen LogP contribution in [0.5, 0.6) is 0 Å². The summed E-state index contributed by atoms with van der Waals surface area (Å²) in [5.41, 5.74) is -0.481. The number of benzene rings is 1. The predicted molar refractivity (Wildman–Crippen MR) is 76.9 cm³/mol. The minimum absolute atomic E-state index is 0.00361. The molecule has 0 heterocycles. The van der Waals surface area contributed by atoms with Crippen molar-refractivity contribution in [3.63, 3.8) is 0 Å². The topological polar surface area (TPSA) is 66.6 Å². The largest absolute Gasteiger partial charge is 0.395 e. The van der Waals surface area contributed by atoms with Gasteiger partial charge in [0.1, 0.15) is 0 Å². The van der Waals surface area contributed by atoms with Crippen LogP contribution in [0, 0.1) is 10.1 Å². The Labute approximate surface area is 122 Å². The quantitative estimate of drug-likeness (QED) is 0.589. The average Bonchev–Trinajstić information content (AvgIpc) is 2.46. The standard InChI is InChI=1S/C14H20F2N2O3/c1-3-10(4-2)17(7-8-19)13-6-5-11(18(20)21)9-12(13)14(15)16/h5-6,9-10,14,19H,3-4,7-8H2,1-2H3. The van der Waals surface area contributed by atoms with Crippen LogP contribution in [-0.4, -0.2) is 29.2 Å². The fraction of sp³-hybridized carbons (Fsp3) is 0.571. The molecule has 0 saturated heterocycles. The first-order valence-electron chi connectivity index (χ1n) is 6.90. The molecule has 5 nitrogen and oxygen atoms in total. The van der Waals surface area contributed by atoms with Gasteiger partial charge in [-0.15, -0.1) is 0 Å². The van der Waals surface area contributed by atoms with E-state index in [2.05, 4.69) is 0 Å². The minimum atomic E-state index is -2.81. The number of non-ortho nitro benzene ring substituents is 1. The molecule has 21 heavy (non-hydrogen) atoms. The summed E-state index contributed by atoms with van der Waals surface area (Å²) in [5, 5.41) is 19.9. The highest BCUT2D eigenvalue weighted by atomic mass is 19.3. The van der Waals surface area contributed by atoms with Crippen molar-refractivity contribution in [3.8, 4) is 0 Å². The van der Waals surface area contributed by atoms with Gasteiger partial charge >= 0.3 is 0 Å². The zero-order valence-electron chi connectivity index (χ0n) is 12.1. The van der Waals surface area contributed by atoms with Crippen LogP contribution in [0.25, 0.3) is 0 Å². The van der Waals surface area contributed by atoms with Gasteiger partial charge in [0.05, 0.1) is 11.5 Å². The van der Waals surface area contributed by atoms with Crippen LogP contribution in [0.1, 0.15) is 38.7 Å². The molecule has 0 saturated carbocycles. The molecular formula is C14H20F2N2O3. The molecule has 1 N–H and O–H groups in total. The van der Waals surface area contributed by atoms with Gasteiger partial charge in [0.15, 0.2) is 0 Å². The molecule has 0 aliphatic rings. The molecule has 0 bridgehead atoms. The van der Waals surface area contributed by atoms with E-state index in [4.69, 9.17) is 0 Å². The van der Waals surface area contributed by atoms with E-state index in [1.807, 2.05) is 13.8 Å². The number of halogens is 2. The molecule has 0 aromatic heterocycles. The van der Waals surface area contributed by atoms with Crippen molar-refractivity contribution in [2.45, 2.75) is 39.2 Å². The Kier molecular flexibility index (Phi) is 6.48. The first-order valence-corrected chi connectivity index (χ1v) is 6.90. The third-order valence-electron chi connectivity index (χ3n) is 3.49. The molecule has 7 heteroatoms. The Morgan fingerprint density at radius 3 is 2.38 bits per heavy atom. The summed E-state index contributed by atoms with van der Waals surface area (Å²) < 4.78 is 26.5. The first kappa shape index (κ1) is 17.3. The van der Waals surface area contributed by atoms with E-state index >= 15 is 0 Å². The van der Waals surface area contributed by atoms with Crippen molar-refractivity contribution < 1.29 is 18.8 Å². The molecule has 1 aromatic carbocycles. The number of rotatable bonds is 8. The van der Waals surface area contributed by atoms with Crippen LogP contribution in [0.2, 0.25) is 0 Å². The first-order chi connectivity index (χ1) is 9.96. The summed E-state index contributed by atoms with van der Waals surface area (Å²) in [5.74, 6) is 0. The molecule has 0 amide bonds. The van der Waals surface area contributed by atoms with E-state index in [1.54, 1.807) is 4.90 Å². The molecule has 0 atom stereocenters. The number of alkyl halides is 2. The highest BCUT2D eigenvalue weighted by Gasteiger charge is 2.24. The highest BCUT2D eigenvalue weighted by Crippen LogP contribution is 2.34. The molecule has 0 spiro atoms. The molecule has 0 unspecified atom stereocenters. The molecule has 1 rings (SSSR count). The van der Waals surface area contributed by atoms with Crippen molar-refractivity contribution in [2.75, 3.05) is 18.1 Å². The number of hydrogen-bond donors (Lipinski definition) is 1. The van der Waals surface area contributed by atoms with E-state index in [9.17, 15) is 24.0 Å². The average molecular weight is 302 g/mol. The number of aliphatic hydroxyl groups excluding tert-OH is 1. The molecule has 118 valence electrons. The Bertz CT molecular complexity index is 479. The Morgan fingerprint density at radius 2 is 1.95 bits per heavy atom. The summed E-state index contributed by atoms with van der Waals surface area (Å²) in [6.07, 6.45) is -1.35. The van der Waals surface area contributed by atoms with E-state index in [1.165, 1.54) is 12.1 Å². The number of nitro groups is 1. The SMILES string of the molecule is CCC(CC)N(CCO)c1ccc([N+](=O)[O-])cc1C(F)F. The van der Waals surface area contributed by atoms with E-state index in [-0.39, 0.29) is 36.1 Å². The lowest BCUT2D eigenvalue weighted by Gasteiger charge is -2.33. The molecular weight excluding hydrogens is 282 g/mol. The monoisotopic (exact) mass is 302 g/mol. The van der Waals surface area contributed by atoms with Crippen molar-refractivity contribution in [1.29, 1.82) is 0 Å². The number of nitro benzene ring substituents is 1. The van der Waals surface area contributed by atoms with Crippen molar-refractivity contribution >= 4 is 11.4 Å². The second-order valence-corrected chi connectivity index (χ2v) is 4.69. The summed E-state index contributed by atoms with van der Waals surface area (Å²) in [4.78, 5) is 11.7. The van der Waals surface area contributed by atoms with Crippen LogP contribution in [-0.2, 0) is 0 Å². The van der Waals surface area contributed by atoms with Crippen LogP contribution in [0.3, 0.4) is 0 Å². The Hall–Kier alpha value is -1.76. The third-order valence-corrected chi connectivity index (χ3v) is 3.49. The number of hydrogen-bond acceptors (Lipinski definition) is 4. The smallest absolute Gasteiger partial charge is 0.270 e. The van der Waals surface area contributed by atoms with E-state index < -0.39 is 11.3 Å². The van der Waals surface area contributed by atoms with Crippen LogP contribution in [0.4, 0.5) is 20.2 Å². The predicted octanol–water partition coefficient (Wildman–Crippen LogP) is 3.52. The van der Waals surface area contributed by atoms with Crippen molar-refractivity contribution in [3.05, 3.63) is 33.9 Å². The maximum Gasteiger partial charge on any atom is 0.270 e. The third kappa shape index (κ3) is 4.10. The van der Waals surface area contributed by atoms with Gasteiger partial charge in [-0.2, -0.15) is 0 Å². The fourth-order valence-corrected chi connectivity index (χ4v) is 2.43. The van der Waals surface area contributed by atoms with Crippen LogP contribution < -0.4 is 4.90 Å². The second-order valence-electron chi connectivity index (χ2n) is 4.69. The Balaban J connectivity index is 3.32. The molecule has 1 aromatic rings. The van der Waals surface area contributed by atoms with Crippen LogP contribution >= 0.6 is 0 Å². The van der Waals surface area contributed by atoms with Gasteiger partial charge in [0.2, 0.25) is 0 Å². The zero-order chi connectivity index (χ0) is 16.0. The second kappa shape index (κ2) is 7.87. The fourth-order valence-electron chi connectivity index (χ4n) is 2.43. The normalized spacial score (nSPS) is 11.2. The lowest BCUT2D eigenvalue weighted by molar-refractivity contribution is -0.385. The van der Waals surface area contributed by atoms with Crippen molar-refractivity contribution in [1.82, 2.24) is 0 Å². The summed E-state index contributed by atoms with van der Waals surface area (Å²) in [7, 11) is 0. The van der Waals surface area contributed by atoms with Gasteiger partial charge in [0.25, 0.3) is 12.1 Å². The lowest BCUT2D eigenvalue weighted by Crippen LogP contribution is -2.37. The maximum absolute atomic E-state index is 13.2. The molecule has 0 radical (unpaired) electrons. The summed E-state index contributed by atoms with van der Waals surface area (Å²) in [6, 6.07) is 3.46. The van der Waals surface area contributed by atoms with Gasteiger partial charge in [0, 0.05) is 36.0 Å². The number of aliphatic hydroxyl groups is 1. The number of nitrogens with zero attached hydrogens (tertiary/aromatic N) is 2. The molecule has 0 aliphatic heterocycles. The summed E-state index contributed by atoms with van der Waals surface area (Å²) >= 11 is 0. The van der Waals surface area contributed by atoms with E-state index in [0.29, 0.717) is 0 Å². The summed E-state index contributed by atoms with van der Waals surface area (Å²) in [6.45, 7) is 3.91. The minimum Gasteiger partial charge on any atom is -0.395 e. The van der Waals surface area contributed by atoms with Gasteiger partial charge in [-0.05, 0) is 18.9 Å². The number of anilines is 1. The van der Waals surface area contributed by atoms with Crippen molar-refractivity contribution in [2.24, 2.45) is 0 Å². The van der Waals surface area contributed by atoms with Gasteiger partial charge in [-0.3, -0.25) is 10.1 Å². The van der Waals surface area contributed by atoms with Crippen LogP contribution in [0.15, 0.2) is 18.2 Å². The maximum atomic E-state index is 13.2. The zero-order valence-corrected chi connectivity index (χ0v) is 12.1. The lowest BCUT2D eigenvalue weighted by atomic mass is 10.1. The van der Waals surface area contributed by atoms with Gasteiger partial charge in [-0.25, -0.2) is 8.78 Å². The van der Waals surface area contributed by atoms with Gasteiger partial charge < -0.3 is 10.0 Å². The molecule has 0 fully saturated rings. The molecule has 0 aliphatic carbocycles. The van der Waals surface area contributed by atoms with Gasteiger partial charge in [-0.1, -0.05) is 13.8 Å². The highest BCUT2D eigenvalue weighted by molar-refractivity contribution is 5.59. The Morgan fingerprint density at radius 1 is 1.33 bits per heavy atom.